The first-order chi connectivity index (χ1) is 9.60. The molecule has 106 valence electrons. The third-order valence-corrected chi connectivity index (χ3v) is 4.74. The van der Waals surface area contributed by atoms with Gasteiger partial charge in [-0.05, 0) is 62.3 Å². The lowest BCUT2D eigenvalue weighted by Gasteiger charge is -2.18. The third-order valence-electron chi connectivity index (χ3n) is 3.01. The zero-order valence-electron chi connectivity index (χ0n) is 11.1. The van der Waals surface area contributed by atoms with E-state index in [9.17, 15) is 5.11 Å². The van der Waals surface area contributed by atoms with Crippen molar-refractivity contribution >= 4 is 38.5 Å². The molecule has 0 bridgehead atoms. The van der Waals surface area contributed by atoms with E-state index in [-0.39, 0.29) is 0 Å². The number of methoxy groups -OCH3 is 2. The lowest BCUT2D eigenvalue weighted by atomic mass is 10.0. The maximum absolute atomic E-state index is 10.6. The van der Waals surface area contributed by atoms with E-state index in [0.717, 1.165) is 9.13 Å². The fraction of sp³-hybridized carbons (Fsp3) is 0.200. The van der Waals surface area contributed by atoms with Crippen molar-refractivity contribution < 1.29 is 14.6 Å². The van der Waals surface area contributed by atoms with E-state index in [1.165, 1.54) is 0 Å². The van der Waals surface area contributed by atoms with Crippen LogP contribution >= 0.6 is 38.5 Å². The van der Waals surface area contributed by atoms with E-state index >= 15 is 0 Å². The van der Waals surface area contributed by atoms with Crippen LogP contribution in [0.25, 0.3) is 0 Å². The zero-order chi connectivity index (χ0) is 14.7. The molecule has 5 heteroatoms. The zero-order valence-corrected chi connectivity index (χ0v) is 14.8. The Morgan fingerprint density at radius 3 is 2.35 bits per heavy atom. The smallest absolute Gasteiger partial charge is 0.142 e. The summed E-state index contributed by atoms with van der Waals surface area (Å²) in [5.74, 6) is 1.25. The minimum Gasteiger partial charge on any atom is -0.495 e. The number of hydrogen-bond acceptors (Lipinski definition) is 3. The summed E-state index contributed by atoms with van der Waals surface area (Å²) >= 11 is 5.66. The summed E-state index contributed by atoms with van der Waals surface area (Å²) in [6, 6.07) is 11.3. The van der Waals surface area contributed by atoms with Gasteiger partial charge in [0.2, 0.25) is 0 Å². The second kappa shape index (κ2) is 6.78. The van der Waals surface area contributed by atoms with Crippen LogP contribution in [-0.2, 0) is 0 Å². The lowest BCUT2D eigenvalue weighted by molar-refractivity contribution is 0.213. The summed E-state index contributed by atoms with van der Waals surface area (Å²) in [6.07, 6.45) is -0.750. The lowest BCUT2D eigenvalue weighted by Crippen LogP contribution is -2.05. The topological polar surface area (TPSA) is 38.7 Å². The number of benzene rings is 2. The highest BCUT2D eigenvalue weighted by Gasteiger charge is 2.21. The first-order valence-corrected chi connectivity index (χ1v) is 7.80. The predicted molar refractivity (Wildman–Crippen MR) is 90.5 cm³/mol. The van der Waals surface area contributed by atoms with Crippen LogP contribution in [-0.4, -0.2) is 19.3 Å². The Hall–Kier alpha value is -0.790. The Bertz CT molecular complexity index is 616. The summed E-state index contributed by atoms with van der Waals surface area (Å²) in [4.78, 5) is 0. The second-order valence-electron chi connectivity index (χ2n) is 4.13. The van der Waals surface area contributed by atoms with Gasteiger partial charge in [0.05, 0.1) is 14.2 Å². The highest BCUT2D eigenvalue weighted by molar-refractivity contribution is 14.1. The maximum atomic E-state index is 10.6. The maximum Gasteiger partial charge on any atom is 0.142 e. The molecular weight excluding hydrogens is 435 g/mol. The van der Waals surface area contributed by atoms with Crippen LogP contribution in [0.4, 0.5) is 0 Å². The van der Waals surface area contributed by atoms with Crippen LogP contribution in [0.1, 0.15) is 17.2 Å². The molecule has 0 saturated heterocycles. The molecule has 0 aliphatic carbocycles. The van der Waals surface area contributed by atoms with Gasteiger partial charge in [-0.2, -0.15) is 0 Å². The Morgan fingerprint density at radius 2 is 1.75 bits per heavy atom. The van der Waals surface area contributed by atoms with Crippen LogP contribution in [0.2, 0.25) is 0 Å². The third kappa shape index (κ3) is 2.94. The van der Waals surface area contributed by atoms with Gasteiger partial charge in [-0.15, -0.1) is 0 Å². The second-order valence-corrected chi connectivity index (χ2v) is 6.08. The van der Waals surface area contributed by atoms with Crippen LogP contribution in [0.5, 0.6) is 11.5 Å². The predicted octanol–water partition coefficient (Wildman–Crippen LogP) is 4.15. The number of aliphatic hydroxyl groups is 1. The van der Waals surface area contributed by atoms with Gasteiger partial charge in [0.15, 0.2) is 0 Å². The van der Waals surface area contributed by atoms with Crippen molar-refractivity contribution in [1.29, 1.82) is 0 Å². The van der Waals surface area contributed by atoms with Gasteiger partial charge < -0.3 is 14.6 Å². The number of ether oxygens (including phenoxy) is 2. The molecule has 0 amide bonds. The largest absolute Gasteiger partial charge is 0.495 e. The number of aliphatic hydroxyl groups excluding tert-OH is 1. The first-order valence-electron chi connectivity index (χ1n) is 5.93. The van der Waals surface area contributed by atoms with Crippen molar-refractivity contribution in [1.82, 2.24) is 0 Å². The summed E-state index contributed by atoms with van der Waals surface area (Å²) < 4.78 is 12.4. The van der Waals surface area contributed by atoms with Gasteiger partial charge in [0.25, 0.3) is 0 Å². The molecule has 0 spiro atoms. The van der Waals surface area contributed by atoms with Crippen molar-refractivity contribution in [2.45, 2.75) is 6.10 Å². The standard InChI is InChI=1S/C15H14BrIO3/c1-19-12-8-7-10(15(20-2)13(12)16)14(18)9-5-3-4-6-11(9)17/h3-8,14,18H,1-2H3. The van der Waals surface area contributed by atoms with Crippen molar-refractivity contribution in [3.05, 3.63) is 55.6 Å². The average molecular weight is 449 g/mol. The molecule has 0 fully saturated rings. The fourth-order valence-corrected chi connectivity index (χ4v) is 3.36. The molecule has 1 unspecified atom stereocenters. The molecule has 2 aromatic rings. The van der Waals surface area contributed by atoms with Gasteiger partial charge in [-0.1, -0.05) is 18.2 Å². The van der Waals surface area contributed by atoms with Gasteiger partial charge in [-0.25, -0.2) is 0 Å². The summed E-state index contributed by atoms with van der Waals surface area (Å²) in [7, 11) is 3.17. The van der Waals surface area contributed by atoms with Gasteiger partial charge in [-0.3, -0.25) is 0 Å². The summed E-state index contributed by atoms with van der Waals surface area (Å²) in [5.41, 5.74) is 1.55. The first kappa shape index (κ1) is 15.6. The van der Waals surface area contributed by atoms with Crippen LogP contribution in [0, 0.1) is 3.57 Å². The Labute approximate surface area is 140 Å². The molecule has 0 aromatic heterocycles. The molecular formula is C15H14BrIO3. The van der Waals surface area contributed by atoms with Gasteiger partial charge in [0.1, 0.15) is 22.1 Å². The van der Waals surface area contributed by atoms with E-state index in [1.807, 2.05) is 30.3 Å². The Balaban J connectivity index is 2.53. The SMILES string of the molecule is COc1ccc(C(O)c2ccccc2I)c(OC)c1Br. The summed E-state index contributed by atoms with van der Waals surface area (Å²) in [6.45, 7) is 0. The molecule has 20 heavy (non-hydrogen) atoms. The minimum absolute atomic E-state index is 0.580. The van der Waals surface area contributed by atoms with Crippen LogP contribution < -0.4 is 9.47 Å². The Kier molecular flexibility index (Phi) is 5.29. The monoisotopic (exact) mass is 448 g/mol. The van der Waals surface area contributed by atoms with Crippen molar-refractivity contribution in [2.75, 3.05) is 14.2 Å². The molecule has 1 atom stereocenters. The molecule has 0 aliphatic heterocycles. The molecule has 1 N–H and O–H groups in total. The highest BCUT2D eigenvalue weighted by Crippen LogP contribution is 2.41. The van der Waals surface area contributed by atoms with Crippen molar-refractivity contribution in [3.63, 3.8) is 0 Å². The van der Waals surface area contributed by atoms with E-state index in [2.05, 4.69) is 38.5 Å². The van der Waals surface area contributed by atoms with Crippen LogP contribution in [0.15, 0.2) is 40.9 Å². The molecule has 2 rings (SSSR count). The normalized spacial score (nSPS) is 12.1. The summed E-state index contributed by atoms with van der Waals surface area (Å²) in [5, 5.41) is 10.6. The minimum atomic E-state index is -0.750. The van der Waals surface area contributed by atoms with E-state index in [0.29, 0.717) is 21.5 Å². The molecule has 3 nitrogen and oxygen atoms in total. The molecule has 0 saturated carbocycles. The molecule has 0 radical (unpaired) electrons. The van der Waals surface area contributed by atoms with Gasteiger partial charge >= 0.3 is 0 Å². The number of halogens is 2. The molecule has 2 aromatic carbocycles. The Morgan fingerprint density at radius 1 is 1.05 bits per heavy atom. The highest BCUT2D eigenvalue weighted by atomic mass is 127. The van der Waals surface area contributed by atoms with Gasteiger partial charge in [0, 0.05) is 9.13 Å². The molecule has 0 heterocycles. The van der Waals surface area contributed by atoms with Crippen LogP contribution in [0.3, 0.4) is 0 Å². The van der Waals surface area contributed by atoms with Crippen molar-refractivity contribution in [3.8, 4) is 11.5 Å². The fourth-order valence-electron chi connectivity index (χ4n) is 2.00. The molecule has 0 aliphatic rings. The quantitative estimate of drug-likeness (QED) is 0.714. The van der Waals surface area contributed by atoms with E-state index in [1.54, 1.807) is 20.3 Å². The van der Waals surface area contributed by atoms with E-state index in [4.69, 9.17) is 9.47 Å². The van der Waals surface area contributed by atoms with E-state index < -0.39 is 6.10 Å². The van der Waals surface area contributed by atoms with Crippen molar-refractivity contribution in [2.24, 2.45) is 0 Å². The number of hydrogen-bond donors (Lipinski definition) is 1. The average Bonchev–Trinajstić information content (AvgIpc) is 2.46. The number of rotatable bonds is 4.